The van der Waals surface area contributed by atoms with E-state index in [0.717, 1.165) is 6.42 Å². The number of thioether (sulfide) groups is 1. The Kier molecular flexibility index (Phi) is 3.42. The largest absolute Gasteiger partial charge is 0.461 e. The molecule has 0 bridgehead atoms. The molecule has 9 heteroatoms. The van der Waals surface area contributed by atoms with Gasteiger partial charge >= 0.3 is 0 Å². The first-order valence-corrected chi connectivity index (χ1v) is 6.95. The van der Waals surface area contributed by atoms with Gasteiger partial charge in [-0.15, -0.1) is 10.2 Å². The number of nitrogen functional groups attached to an aromatic ring is 1. The number of hydrogen-bond acceptors (Lipinski definition) is 8. The van der Waals surface area contributed by atoms with Crippen molar-refractivity contribution in [1.82, 2.24) is 25.0 Å². The summed E-state index contributed by atoms with van der Waals surface area (Å²) in [5, 5.41) is 12.4. The van der Waals surface area contributed by atoms with Gasteiger partial charge in [0.05, 0.1) is 12.0 Å². The van der Waals surface area contributed by atoms with Gasteiger partial charge < -0.3 is 14.8 Å². The Hall–Kier alpha value is -2.29. The van der Waals surface area contributed by atoms with Gasteiger partial charge in [-0.1, -0.05) is 23.8 Å². The SMILES string of the molecule is CCc1noc(CSc2nnc(-c3ccco3)n2N)n1. The summed E-state index contributed by atoms with van der Waals surface area (Å²) in [7, 11) is 0. The molecule has 3 aromatic rings. The average molecular weight is 292 g/mol. The van der Waals surface area contributed by atoms with Gasteiger partial charge in [0.2, 0.25) is 16.9 Å². The molecule has 3 aromatic heterocycles. The summed E-state index contributed by atoms with van der Waals surface area (Å²) in [4.78, 5) is 4.21. The van der Waals surface area contributed by atoms with E-state index in [1.807, 2.05) is 6.92 Å². The van der Waals surface area contributed by atoms with Crippen LogP contribution in [0.25, 0.3) is 11.6 Å². The molecule has 3 rings (SSSR count). The molecule has 0 fully saturated rings. The summed E-state index contributed by atoms with van der Waals surface area (Å²) < 4.78 is 11.7. The Morgan fingerprint density at radius 2 is 2.30 bits per heavy atom. The molecule has 20 heavy (non-hydrogen) atoms. The maximum Gasteiger partial charge on any atom is 0.237 e. The van der Waals surface area contributed by atoms with Crippen LogP contribution in [0.3, 0.4) is 0 Å². The third kappa shape index (κ3) is 2.39. The number of rotatable bonds is 5. The quantitative estimate of drug-likeness (QED) is 0.556. The van der Waals surface area contributed by atoms with Gasteiger partial charge in [0.25, 0.3) is 0 Å². The van der Waals surface area contributed by atoms with Crippen LogP contribution in [0.4, 0.5) is 0 Å². The van der Waals surface area contributed by atoms with Crippen molar-refractivity contribution in [1.29, 1.82) is 0 Å². The predicted molar refractivity (Wildman–Crippen MR) is 71.1 cm³/mol. The molecule has 0 saturated heterocycles. The number of nitrogens with zero attached hydrogens (tertiary/aromatic N) is 5. The summed E-state index contributed by atoms with van der Waals surface area (Å²) >= 11 is 1.37. The zero-order valence-electron chi connectivity index (χ0n) is 10.7. The molecule has 0 amide bonds. The summed E-state index contributed by atoms with van der Waals surface area (Å²) in [6.07, 6.45) is 2.30. The lowest BCUT2D eigenvalue weighted by molar-refractivity contribution is 0.385. The maximum absolute atomic E-state index is 5.93. The number of hydrogen-bond donors (Lipinski definition) is 1. The molecule has 0 atom stereocenters. The van der Waals surface area contributed by atoms with Gasteiger partial charge in [-0.3, -0.25) is 0 Å². The van der Waals surface area contributed by atoms with Gasteiger partial charge in [-0.25, -0.2) is 4.68 Å². The van der Waals surface area contributed by atoms with Crippen molar-refractivity contribution in [3.05, 3.63) is 30.1 Å². The number of aryl methyl sites for hydroxylation is 1. The van der Waals surface area contributed by atoms with Crippen molar-refractivity contribution in [3.8, 4) is 11.6 Å². The molecule has 2 N–H and O–H groups in total. The summed E-state index contributed by atoms with van der Waals surface area (Å²) in [6, 6.07) is 3.54. The van der Waals surface area contributed by atoms with Crippen LogP contribution in [-0.4, -0.2) is 25.0 Å². The van der Waals surface area contributed by atoms with Gasteiger partial charge in [0.15, 0.2) is 11.6 Å². The second-order valence-electron chi connectivity index (χ2n) is 3.90. The van der Waals surface area contributed by atoms with Crippen molar-refractivity contribution in [2.75, 3.05) is 5.84 Å². The molecule has 0 saturated carbocycles. The average Bonchev–Trinajstić information content (AvgIpc) is 3.17. The molecule has 0 aliphatic carbocycles. The molecule has 104 valence electrons. The van der Waals surface area contributed by atoms with Crippen molar-refractivity contribution in [3.63, 3.8) is 0 Å². The van der Waals surface area contributed by atoms with E-state index in [0.29, 0.717) is 34.2 Å². The van der Waals surface area contributed by atoms with Gasteiger partial charge in [-0.05, 0) is 12.1 Å². The number of furan rings is 1. The Morgan fingerprint density at radius 3 is 3.00 bits per heavy atom. The topological polar surface area (TPSA) is 109 Å². The van der Waals surface area contributed by atoms with Crippen LogP contribution in [-0.2, 0) is 12.2 Å². The Labute approximate surface area is 118 Å². The highest BCUT2D eigenvalue weighted by Crippen LogP contribution is 2.23. The van der Waals surface area contributed by atoms with Crippen molar-refractivity contribution < 1.29 is 8.94 Å². The monoisotopic (exact) mass is 292 g/mol. The second-order valence-corrected chi connectivity index (χ2v) is 4.84. The van der Waals surface area contributed by atoms with Crippen LogP contribution < -0.4 is 5.84 Å². The molecule has 0 unspecified atom stereocenters. The van der Waals surface area contributed by atoms with E-state index in [1.165, 1.54) is 16.4 Å². The first kappa shape index (κ1) is 12.7. The molecule has 0 spiro atoms. The molecule has 0 aromatic carbocycles. The predicted octanol–water partition coefficient (Wildman–Crippen LogP) is 1.49. The fraction of sp³-hybridized carbons (Fsp3) is 0.273. The molecule has 3 heterocycles. The van der Waals surface area contributed by atoms with Crippen LogP contribution in [0.15, 0.2) is 32.5 Å². The highest BCUT2D eigenvalue weighted by atomic mass is 32.2. The summed E-state index contributed by atoms with van der Waals surface area (Å²) in [5.74, 6) is 8.68. The number of nitrogens with two attached hydrogens (primary N) is 1. The Bertz CT molecular complexity index is 690. The standard InChI is InChI=1S/C11H12N6O2S/c1-2-8-13-9(19-16-8)6-20-11-15-14-10(17(11)12)7-4-3-5-18-7/h3-5H,2,6,12H2,1H3. The lowest BCUT2D eigenvalue weighted by Gasteiger charge is -1.99. The van der Waals surface area contributed by atoms with E-state index in [2.05, 4.69) is 20.3 Å². The first-order valence-electron chi connectivity index (χ1n) is 5.96. The van der Waals surface area contributed by atoms with E-state index < -0.39 is 0 Å². The minimum atomic E-state index is 0.470. The molecular weight excluding hydrogens is 280 g/mol. The summed E-state index contributed by atoms with van der Waals surface area (Å²) in [5.41, 5.74) is 0. The van der Waals surface area contributed by atoms with Crippen molar-refractivity contribution in [2.24, 2.45) is 0 Å². The molecule has 0 aliphatic rings. The molecule has 0 radical (unpaired) electrons. The highest BCUT2D eigenvalue weighted by Gasteiger charge is 2.15. The third-order valence-corrected chi connectivity index (χ3v) is 3.49. The highest BCUT2D eigenvalue weighted by molar-refractivity contribution is 7.98. The Balaban J connectivity index is 1.72. The van der Waals surface area contributed by atoms with E-state index in [9.17, 15) is 0 Å². The van der Waals surface area contributed by atoms with Gasteiger partial charge in [0, 0.05) is 6.42 Å². The van der Waals surface area contributed by atoms with Crippen molar-refractivity contribution in [2.45, 2.75) is 24.3 Å². The fourth-order valence-corrected chi connectivity index (χ4v) is 2.26. The van der Waals surface area contributed by atoms with Gasteiger partial charge in [-0.2, -0.15) is 4.98 Å². The first-order chi connectivity index (χ1) is 9.78. The fourth-order valence-electron chi connectivity index (χ4n) is 1.57. The zero-order chi connectivity index (χ0) is 13.9. The van der Waals surface area contributed by atoms with Crippen LogP contribution in [0.1, 0.15) is 18.6 Å². The molecular formula is C11H12N6O2S. The van der Waals surface area contributed by atoms with Crippen molar-refractivity contribution >= 4 is 11.8 Å². The van der Waals surface area contributed by atoms with E-state index in [4.69, 9.17) is 14.8 Å². The minimum Gasteiger partial charge on any atom is -0.461 e. The smallest absolute Gasteiger partial charge is 0.237 e. The van der Waals surface area contributed by atoms with E-state index >= 15 is 0 Å². The summed E-state index contributed by atoms with van der Waals surface area (Å²) in [6.45, 7) is 1.97. The van der Waals surface area contributed by atoms with Crippen LogP contribution in [0.2, 0.25) is 0 Å². The Morgan fingerprint density at radius 1 is 1.40 bits per heavy atom. The van der Waals surface area contributed by atoms with Crippen LogP contribution in [0, 0.1) is 0 Å². The normalized spacial score (nSPS) is 11.1. The second kappa shape index (κ2) is 5.37. The number of aromatic nitrogens is 5. The van der Waals surface area contributed by atoms with Gasteiger partial charge in [0.1, 0.15) is 0 Å². The zero-order valence-corrected chi connectivity index (χ0v) is 11.5. The maximum atomic E-state index is 5.93. The minimum absolute atomic E-state index is 0.470. The van der Waals surface area contributed by atoms with E-state index in [-0.39, 0.29) is 0 Å². The van der Waals surface area contributed by atoms with Crippen LogP contribution in [0.5, 0.6) is 0 Å². The molecule has 8 nitrogen and oxygen atoms in total. The molecule has 0 aliphatic heterocycles. The lowest BCUT2D eigenvalue weighted by Crippen LogP contribution is -2.11. The van der Waals surface area contributed by atoms with E-state index in [1.54, 1.807) is 18.4 Å². The third-order valence-electron chi connectivity index (χ3n) is 2.56. The lowest BCUT2D eigenvalue weighted by atomic mass is 10.4. The van der Waals surface area contributed by atoms with Crippen LogP contribution >= 0.6 is 11.8 Å².